The molecule has 2 N–H and O–H groups in total. The van der Waals surface area contributed by atoms with Crippen molar-refractivity contribution in [1.29, 1.82) is 0 Å². The average Bonchev–Trinajstić information content (AvgIpc) is 2.82. The van der Waals surface area contributed by atoms with Gasteiger partial charge in [-0.1, -0.05) is 25.1 Å². The third kappa shape index (κ3) is 3.19. The first-order valence-electron chi connectivity index (χ1n) is 6.51. The summed E-state index contributed by atoms with van der Waals surface area (Å²) < 4.78 is 0. The Kier molecular flexibility index (Phi) is 4.93. The molecule has 1 aliphatic heterocycles. The molecule has 1 unspecified atom stereocenters. The van der Waals surface area contributed by atoms with E-state index in [0.717, 1.165) is 42.3 Å². The highest BCUT2D eigenvalue weighted by Crippen LogP contribution is 2.30. The van der Waals surface area contributed by atoms with Gasteiger partial charge in [-0.3, -0.25) is 4.79 Å². The molecule has 98 valence electrons. The Balaban J connectivity index is 1.80. The van der Waals surface area contributed by atoms with Gasteiger partial charge in [0, 0.05) is 18.8 Å². The van der Waals surface area contributed by atoms with Gasteiger partial charge in [0.2, 0.25) is 5.91 Å². The number of rotatable bonds is 6. The average molecular weight is 264 g/mol. The van der Waals surface area contributed by atoms with Crippen LogP contribution < -0.4 is 10.6 Å². The number of amides is 1. The number of para-hydroxylation sites is 1. The van der Waals surface area contributed by atoms with Crippen molar-refractivity contribution in [2.24, 2.45) is 0 Å². The molecule has 0 saturated heterocycles. The van der Waals surface area contributed by atoms with Crippen LogP contribution in [0.5, 0.6) is 0 Å². The Labute approximate surface area is 113 Å². The molecule has 0 fully saturated rings. The first-order chi connectivity index (χ1) is 8.83. The summed E-state index contributed by atoms with van der Waals surface area (Å²) in [5.41, 5.74) is 2.22. The molecular formula is C14H20N2OS. The summed E-state index contributed by atoms with van der Waals surface area (Å²) in [4.78, 5) is 12.1. The van der Waals surface area contributed by atoms with Crippen LogP contribution in [0.3, 0.4) is 0 Å². The van der Waals surface area contributed by atoms with Crippen molar-refractivity contribution in [1.82, 2.24) is 5.32 Å². The molecule has 18 heavy (non-hydrogen) atoms. The third-order valence-electron chi connectivity index (χ3n) is 3.12. The van der Waals surface area contributed by atoms with Crippen LogP contribution in [0.1, 0.15) is 24.8 Å². The Hall–Kier alpha value is -1.16. The molecule has 1 aromatic rings. The first kappa shape index (κ1) is 13.3. The van der Waals surface area contributed by atoms with Crippen LogP contribution in [0.4, 0.5) is 5.69 Å². The van der Waals surface area contributed by atoms with Crippen LogP contribution in [0, 0.1) is 0 Å². The van der Waals surface area contributed by atoms with Gasteiger partial charge >= 0.3 is 0 Å². The summed E-state index contributed by atoms with van der Waals surface area (Å²) in [6.07, 6.45) is 1.05. The van der Waals surface area contributed by atoms with Gasteiger partial charge in [-0.2, -0.15) is 11.8 Å². The van der Waals surface area contributed by atoms with Crippen LogP contribution in [0.2, 0.25) is 0 Å². The number of thioether (sulfide) groups is 1. The van der Waals surface area contributed by atoms with Gasteiger partial charge in [0.1, 0.15) is 0 Å². The van der Waals surface area contributed by atoms with Gasteiger partial charge in [0.25, 0.3) is 0 Å². The van der Waals surface area contributed by atoms with E-state index in [4.69, 9.17) is 0 Å². The van der Waals surface area contributed by atoms with Crippen molar-refractivity contribution in [2.45, 2.75) is 19.3 Å². The normalized spacial score (nSPS) is 17.1. The Morgan fingerprint density at radius 3 is 3.17 bits per heavy atom. The Morgan fingerprint density at radius 2 is 2.33 bits per heavy atom. The smallest absolute Gasteiger partial charge is 0.229 e. The topological polar surface area (TPSA) is 41.1 Å². The molecule has 0 bridgehead atoms. The quantitative estimate of drug-likeness (QED) is 0.776. The lowest BCUT2D eigenvalue weighted by atomic mass is 10.0. The number of fused-ring (bicyclic) bond motifs is 1. The number of benzene rings is 1. The SMILES string of the molecule is CCSCCCNC(=O)C1CNc2ccccc21. The fraction of sp³-hybridized carbons (Fsp3) is 0.500. The van der Waals surface area contributed by atoms with E-state index >= 15 is 0 Å². The molecule has 0 saturated carbocycles. The molecule has 0 spiro atoms. The molecule has 1 amide bonds. The maximum absolute atomic E-state index is 12.1. The first-order valence-corrected chi connectivity index (χ1v) is 7.66. The number of hydrogen-bond acceptors (Lipinski definition) is 3. The fourth-order valence-electron chi connectivity index (χ4n) is 2.17. The maximum Gasteiger partial charge on any atom is 0.229 e. The summed E-state index contributed by atoms with van der Waals surface area (Å²) in [5, 5.41) is 6.31. The van der Waals surface area contributed by atoms with Crippen LogP contribution in [-0.4, -0.2) is 30.5 Å². The van der Waals surface area contributed by atoms with Crippen molar-refractivity contribution in [2.75, 3.05) is 29.9 Å². The summed E-state index contributed by atoms with van der Waals surface area (Å²) in [5.74, 6) is 2.39. The molecule has 1 heterocycles. The van der Waals surface area contributed by atoms with Crippen LogP contribution in [0.25, 0.3) is 0 Å². The summed E-state index contributed by atoms with van der Waals surface area (Å²) >= 11 is 1.92. The molecule has 0 radical (unpaired) electrons. The van der Waals surface area contributed by atoms with Gasteiger partial charge < -0.3 is 10.6 Å². The van der Waals surface area contributed by atoms with Crippen molar-refractivity contribution < 1.29 is 4.79 Å². The van der Waals surface area contributed by atoms with Crippen molar-refractivity contribution in [3.8, 4) is 0 Å². The third-order valence-corrected chi connectivity index (χ3v) is 4.10. The minimum atomic E-state index is -0.0278. The van der Waals surface area contributed by atoms with E-state index in [9.17, 15) is 4.79 Å². The number of nitrogens with one attached hydrogen (secondary N) is 2. The summed E-state index contributed by atoms with van der Waals surface area (Å²) in [6, 6.07) is 8.05. The van der Waals surface area contributed by atoms with Gasteiger partial charge in [-0.15, -0.1) is 0 Å². The second-order valence-corrected chi connectivity index (χ2v) is 5.76. The van der Waals surface area contributed by atoms with Crippen LogP contribution in [-0.2, 0) is 4.79 Å². The van der Waals surface area contributed by atoms with E-state index in [1.54, 1.807) is 0 Å². The number of anilines is 1. The largest absolute Gasteiger partial charge is 0.384 e. The number of carbonyl (C=O) groups is 1. The molecule has 1 atom stereocenters. The second kappa shape index (κ2) is 6.69. The molecule has 4 heteroatoms. The Bertz CT molecular complexity index is 409. The van der Waals surface area contributed by atoms with E-state index in [2.05, 4.69) is 17.6 Å². The molecule has 1 aliphatic rings. The highest BCUT2D eigenvalue weighted by molar-refractivity contribution is 7.99. The standard InChI is InChI=1S/C14H20N2OS/c1-2-18-9-5-8-15-14(17)12-10-16-13-7-4-3-6-11(12)13/h3-4,6-7,12,16H,2,5,8-10H2,1H3,(H,15,17). The van der Waals surface area contributed by atoms with Gasteiger partial charge in [0.05, 0.1) is 5.92 Å². The summed E-state index contributed by atoms with van der Waals surface area (Å²) in [6.45, 7) is 3.66. The zero-order chi connectivity index (χ0) is 12.8. The molecule has 3 nitrogen and oxygen atoms in total. The second-order valence-electron chi connectivity index (χ2n) is 4.36. The predicted molar refractivity (Wildman–Crippen MR) is 78.3 cm³/mol. The molecule has 0 aliphatic carbocycles. The fourth-order valence-corrected chi connectivity index (χ4v) is 2.81. The highest BCUT2D eigenvalue weighted by atomic mass is 32.2. The molecule has 0 aromatic heterocycles. The summed E-state index contributed by atoms with van der Waals surface area (Å²) in [7, 11) is 0. The highest BCUT2D eigenvalue weighted by Gasteiger charge is 2.27. The van der Waals surface area contributed by atoms with E-state index < -0.39 is 0 Å². The zero-order valence-electron chi connectivity index (χ0n) is 10.7. The minimum absolute atomic E-state index is 0.0278. The lowest BCUT2D eigenvalue weighted by Gasteiger charge is -2.11. The van der Waals surface area contributed by atoms with Crippen molar-refractivity contribution >= 4 is 23.4 Å². The van der Waals surface area contributed by atoms with E-state index in [0.29, 0.717) is 0 Å². The van der Waals surface area contributed by atoms with Crippen molar-refractivity contribution in [3.63, 3.8) is 0 Å². The molecule has 1 aromatic carbocycles. The maximum atomic E-state index is 12.1. The van der Waals surface area contributed by atoms with E-state index in [1.165, 1.54) is 0 Å². The van der Waals surface area contributed by atoms with Gasteiger partial charge in [-0.25, -0.2) is 0 Å². The predicted octanol–water partition coefficient (Wildman–Crippen LogP) is 2.46. The van der Waals surface area contributed by atoms with Crippen LogP contribution >= 0.6 is 11.8 Å². The number of hydrogen-bond donors (Lipinski definition) is 2. The van der Waals surface area contributed by atoms with E-state index in [1.807, 2.05) is 36.0 Å². The Morgan fingerprint density at radius 1 is 1.50 bits per heavy atom. The van der Waals surface area contributed by atoms with Gasteiger partial charge in [-0.05, 0) is 29.6 Å². The van der Waals surface area contributed by atoms with Crippen LogP contribution in [0.15, 0.2) is 24.3 Å². The monoisotopic (exact) mass is 264 g/mol. The lowest BCUT2D eigenvalue weighted by molar-refractivity contribution is -0.122. The van der Waals surface area contributed by atoms with E-state index in [-0.39, 0.29) is 11.8 Å². The number of carbonyl (C=O) groups excluding carboxylic acids is 1. The molecule has 2 rings (SSSR count). The zero-order valence-corrected chi connectivity index (χ0v) is 11.6. The van der Waals surface area contributed by atoms with Crippen molar-refractivity contribution in [3.05, 3.63) is 29.8 Å². The minimum Gasteiger partial charge on any atom is -0.384 e. The molecular weight excluding hydrogens is 244 g/mol. The lowest BCUT2D eigenvalue weighted by Crippen LogP contribution is -2.31. The van der Waals surface area contributed by atoms with Gasteiger partial charge in [0.15, 0.2) is 0 Å².